The summed E-state index contributed by atoms with van der Waals surface area (Å²) in [5, 5.41) is 9.42. The molecular formula is C17H21NO. The van der Waals surface area contributed by atoms with Gasteiger partial charge < -0.3 is 5.11 Å². The van der Waals surface area contributed by atoms with Crippen LogP contribution >= 0.6 is 0 Å². The minimum Gasteiger partial charge on any atom is -0.508 e. The summed E-state index contributed by atoms with van der Waals surface area (Å²) in [7, 11) is 0. The summed E-state index contributed by atoms with van der Waals surface area (Å²) >= 11 is 0. The Hall–Kier alpha value is -1.83. The van der Waals surface area contributed by atoms with Gasteiger partial charge in [-0.25, -0.2) is 0 Å². The van der Waals surface area contributed by atoms with Gasteiger partial charge in [0.25, 0.3) is 0 Å². The number of hydrogen-bond acceptors (Lipinski definition) is 2. The zero-order valence-electron chi connectivity index (χ0n) is 11.6. The lowest BCUT2D eigenvalue weighted by Crippen LogP contribution is -2.10. The Balaban J connectivity index is 2.31. The molecule has 1 aromatic carbocycles. The van der Waals surface area contributed by atoms with E-state index in [4.69, 9.17) is 0 Å². The van der Waals surface area contributed by atoms with Gasteiger partial charge in [-0.05, 0) is 60.1 Å². The third kappa shape index (κ3) is 3.14. The van der Waals surface area contributed by atoms with E-state index in [1.807, 2.05) is 24.5 Å². The first kappa shape index (κ1) is 13.6. The van der Waals surface area contributed by atoms with Crippen LogP contribution in [0.5, 0.6) is 5.75 Å². The van der Waals surface area contributed by atoms with Gasteiger partial charge in [0.1, 0.15) is 5.75 Å². The second-order valence-electron chi connectivity index (χ2n) is 4.90. The normalized spacial score (nSPS) is 14.0. The minimum absolute atomic E-state index is 0.329. The molecule has 2 nitrogen and oxygen atoms in total. The van der Waals surface area contributed by atoms with Crippen molar-refractivity contribution in [3.05, 3.63) is 59.9 Å². The Kier molecular flexibility index (Phi) is 4.56. The molecule has 1 heterocycles. The lowest BCUT2D eigenvalue weighted by atomic mass is 9.78. The number of phenols is 1. The summed E-state index contributed by atoms with van der Waals surface area (Å²) in [5.74, 6) is 1.31. The molecule has 0 bridgehead atoms. The second kappa shape index (κ2) is 6.37. The van der Waals surface area contributed by atoms with Crippen molar-refractivity contribution in [2.75, 3.05) is 0 Å². The monoisotopic (exact) mass is 255 g/mol. The van der Waals surface area contributed by atoms with Crippen molar-refractivity contribution in [1.29, 1.82) is 0 Å². The fourth-order valence-electron chi connectivity index (χ4n) is 2.84. The highest BCUT2D eigenvalue weighted by molar-refractivity contribution is 5.31. The van der Waals surface area contributed by atoms with Gasteiger partial charge in [0.05, 0.1) is 0 Å². The standard InChI is InChI=1S/C17H21NO/c1-3-16(13-5-7-15(19)8-6-13)17(4-2)14-9-11-18-12-10-14/h5-12,16-17,19H,3-4H2,1-2H3/t16-,17-/m0/s1. The zero-order chi connectivity index (χ0) is 13.7. The fraction of sp³-hybridized carbons (Fsp3) is 0.353. The summed E-state index contributed by atoms with van der Waals surface area (Å²) < 4.78 is 0. The van der Waals surface area contributed by atoms with E-state index in [9.17, 15) is 5.11 Å². The van der Waals surface area contributed by atoms with E-state index in [-0.39, 0.29) is 0 Å². The maximum absolute atomic E-state index is 9.42. The van der Waals surface area contributed by atoms with Crippen LogP contribution in [0.2, 0.25) is 0 Å². The number of aromatic hydroxyl groups is 1. The molecule has 0 spiro atoms. The van der Waals surface area contributed by atoms with Gasteiger partial charge in [0.2, 0.25) is 0 Å². The second-order valence-corrected chi connectivity index (χ2v) is 4.90. The Morgan fingerprint density at radius 1 is 0.842 bits per heavy atom. The van der Waals surface area contributed by atoms with Crippen LogP contribution in [0.15, 0.2) is 48.8 Å². The molecule has 100 valence electrons. The molecule has 1 N–H and O–H groups in total. The summed E-state index contributed by atoms with van der Waals surface area (Å²) in [6, 6.07) is 11.8. The van der Waals surface area contributed by atoms with Crippen molar-refractivity contribution in [2.24, 2.45) is 0 Å². The zero-order valence-corrected chi connectivity index (χ0v) is 11.6. The van der Waals surface area contributed by atoms with Crippen molar-refractivity contribution in [2.45, 2.75) is 38.5 Å². The van der Waals surface area contributed by atoms with Crippen LogP contribution in [0, 0.1) is 0 Å². The highest BCUT2D eigenvalue weighted by atomic mass is 16.3. The lowest BCUT2D eigenvalue weighted by Gasteiger charge is -2.26. The van der Waals surface area contributed by atoms with Gasteiger partial charge >= 0.3 is 0 Å². The average Bonchev–Trinajstić information content (AvgIpc) is 2.47. The molecule has 0 radical (unpaired) electrons. The molecule has 0 saturated heterocycles. The maximum Gasteiger partial charge on any atom is 0.115 e. The maximum atomic E-state index is 9.42. The Morgan fingerprint density at radius 3 is 1.79 bits per heavy atom. The third-order valence-corrected chi connectivity index (χ3v) is 3.82. The largest absolute Gasteiger partial charge is 0.508 e. The summed E-state index contributed by atoms with van der Waals surface area (Å²) in [5.41, 5.74) is 2.64. The van der Waals surface area contributed by atoms with E-state index in [2.05, 4.69) is 31.0 Å². The Labute approximate surface area is 115 Å². The number of hydrogen-bond donors (Lipinski definition) is 1. The molecule has 2 heteroatoms. The molecule has 0 aliphatic carbocycles. The summed E-state index contributed by atoms with van der Waals surface area (Å²) in [4.78, 5) is 4.10. The van der Waals surface area contributed by atoms with Crippen molar-refractivity contribution in [3.63, 3.8) is 0 Å². The molecule has 2 atom stereocenters. The van der Waals surface area contributed by atoms with Gasteiger partial charge in [-0.2, -0.15) is 0 Å². The minimum atomic E-state index is 0.329. The van der Waals surface area contributed by atoms with Gasteiger partial charge in [-0.1, -0.05) is 26.0 Å². The fourth-order valence-corrected chi connectivity index (χ4v) is 2.84. The first-order valence-electron chi connectivity index (χ1n) is 6.95. The van der Waals surface area contributed by atoms with Crippen molar-refractivity contribution < 1.29 is 5.11 Å². The van der Waals surface area contributed by atoms with Crippen LogP contribution in [-0.2, 0) is 0 Å². The molecule has 1 aromatic heterocycles. The summed E-state index contributed by atoms with van der Waals surface area (Å²) in [6.45, 7) is 4.45. The van der Waals surface area contributed by atoms with E-state index < -0.39 is 0 Å². The van der Waals surface area contributed by atoms with Crippen LogP contribution < -0.4 is 0 Å². The van der Waals surface area contributed by atoms with Crippen LogP contribution in [0.3, 0.4) is 0 Å². The number of aromatic nitrogens is 1. The number of phenolic OH excluding ortho intramolecular Hbond substituents is 1. The molecule has 0 aliphatic rings. The molecule has 0 fully saturated rings. The molecule has 0 aliphatic heterocycles. The molecular weight excluding hydrogens is 234 g/mol. The smallest absolute Gasteiger partial charge is 0.115 e. The molecule has 0 unspecified atom stereocenters. The average molecular weight is 255 g/mol. The first-order chi connectivity index (χ1) is 9.26. The third-order valence-electron chi connectivity index (χ3n) is 3.82. The molecule has 19 heavy (non-hydrogen) atoms. The van der Waals surface area contributed by atoms with Gasteiger partial charge in [0, 0.05) is 12.4 Å². The van der Waals surface area contributed by atoms with Crippen LogP contribution in [-0.4, -0.2) is 10.1 Å². The highest BCUT2D eigenvalue weighted by Crippen LogP contribution is 2.37. The summed E-state index contributed by atoms with van der Waals surface area (Å²) in [6.07, 6.45) is 5.91. The van der Waals surface area contributed by atoms with Crippen molar-refractivity contribution in [3.8, 4) is 5.75 Å². The van der Waals surface area contributed by atoms with Gasteiger partial charge in [-0.15, -0.1) is 0 Å². The number of benzene rings is 1. The molecule has 0 saturated carbocycles. The predicted octanol–water partition coefficient (Wildman–Crippen LogP) is 4.47. The van der Waals surface area contributed by atoms with E-state index in [1.54, 1.807) is 12.1 Å². The van der Waals surface area contributed by atoms with Crippen LogP contribution in [0.25, 0.3) is 0 Å². The van der Waals surface area contributed by atoms with E-state index in [0.29, 0.717) is 17.6 Å². The highest BCUT2D eigenvalue weighted by Gasteiger charge is 2.21. The van der Waals surface area contributed by atoms with Gasteiger partial charge in [0.15, 0.2) is 0 Å². The van der Waals surface area contributed by atoms with Crippen molar-refractivity contribution >= 4 is 0 Å². The van der Waals surface area contributed by atoms with E-state index >= 15 is 0 Å². The number of nitrogens with zero attached hydrogens (tertiary/aromatic N) is 1. The van der Waals surface area contributed by atoms with Crippen LogP contribution in [0.1, 0.15) is 49.7 Å². The number of pyridine rings is 1. The van der Waals surface area contributed by atoms with Crippen LogP contribution in [0.4, 0.5) is 0 Å². The lowest BCUT2D eigenvalue weighted by molar-refractivity contribution is 0.473. The Bertz CT molecular complexity index is 492. The predicted molar refractivity (Wildman–Crippen MR) is 78.4 cm³/mol. The Morgan fingerprint density at radius 2 is 1.32 bits per heavy atom. The van der Waals surface area contributed by atoms with Crippen molar-refractivity contribution in [1.82, 2.24) is 4.98 Å². The topological polar surface area (TPSA) is 33.1 Å². The first-order valence-corrected chi connectivity index (χ1v) is 6.95. The quantitative estimate of drug-likeness (QED) is 0.854. The molecule has 0 amide bonds. The molecule has 2 aromatic rings. The van der Waals surface area contributed by atoms with Gasteiger partial charge in [-0.3, -0.25) is 4.98 Å². The van der Waals surface area contributed by atoms with E-state index in [1.165, 1.54) is 11.1 Å². The number of rotatable bonds is 5. The molecule has 2 rings (SSSR count). The SMILES string of the molecule is CC[C@@H](c1ccncc1)[C@@H](CC)c1ccc(O)cc1. The van der Waals surface area contributed by atoms with E-state index in [0.717, 1.165) is 12.8 Å².